The van der Waals surface area contributed by atoms with Crippen LogP contribution in [-0.2, 0) is 0 Å². The van der Waals surface area contributed by atoms with Crippen LogP contribution in [0.3, 0.4) is 0 Å². The molecule has 0 unspecified atom stereocenters. The van der Waals surface area contributed by atoms with Crippen LogP contribution in [0, 0.1) is 0 Å². The molecule has 11 aromatic carbocycles. The molecule has 0 atom stereocenters. The van der Waals surface area contributed by atoms with Crippen LogP contribution >= 0.6 is 0 Å². The number of nitrogens with zero attached hydrogens (tertiary/aromatic N) is 1. The third-order valence-electron chi connectivity index (χ3n) is 12.0. The average molecular weight is 738 g/mol. The molecule has 0 spiro atoms. The van der Waals surface area contributed by atoms with Gasteiger partial charge in [-0.3, -0.25) is 0 Å². The second-order valence-electron chi connectivity index (χ2n) is 15.3. The molecule has 12 rings (SSSR count). The van der Waals surface area contributed by atoms with Crippen molar-refractivity contribution in [2.45, 2.75) is 0 Å². The van der Waals surface area contributed by atoms with Crippen molar-refractivity contribution in [1.82, 2.24) is 0 Å². The Labute approximate surface area is 335 Å². The van der Waals surface area contributed by atoms with Gasteiger partial charge in [-0.05, 0) is 125 Å². The molecule has 2 heteroatoms. The molecule has 0 aliphatic rings. The topological polar surface area (TPSA) is 16.4 Å². The van der Waals surface area contributed by atoms with E-state index in [-0.39, 0.29) is 0 Å². The third-order valence-corrected chi connectivity index (χ3v) is 12.0. The monoisotopic (exact) mass is 737 g/mol. The zero-order valence-electron chi connectivity index (χ0n) is 31.6. The normalized spacial score (nSPS) is 11.8. The second kappa shape index (κ2) is 12.9. The molecule has 0 fully saturated rings. The molecule has 58 heavy (non-hydrogen) atoms. The summed E-state index contributed by atoms with van der Waals surface area (Å²) in [4.78, 5) is 2.40. The van der Waals surface area contributed by atoms with Crippen molar-refractivity contribution in [2.24, 2.45) is 0 Å². The molecule has 0 saturated heterocycles. The summed E-state index contributed by atoms with van der Waals surface area (Å²) in [5.74, 6) is 0. The first-order valence-corrected chi connectivity index (χ1v) is 19.9. The smallest absolute Gasteiger partial charge is 0.135 e. The van der Waals surface area contributed by atoms with Crippen molar-refractivity contribution in [1.29, 1.82) is 0 Å². The average Bonchev–Trinajstić information content (AvgIpc) is 3.67. The molecule has 0 amide bonds. The van der Waals surface area contributed by atoms with Crippen molar-refractivity contribution in [3.8, 4) is 22.3 Å². The number of fused-ring (bicyclic) bond motifs is 11. The minimum atomic E-state index is 0.883. The van der Waals surface area contributed by atoms with Crippen LogP contribution in [0.1, 0.15) is 0 Å². The lowest BCUT2D eigenvalue weighted by Gasteiger charge is -2.28. The maximum absolute atomic E-state index is 6.28. The Bertz CT molecular complexity index is 3580. The summed E-state index contributed by atoms with van der Waals surface area (Å²) in [5, 5.41) is 14.8. The van der Waals surface area contributed by atoms with Gasteiger partial charge in [-0.1, -0.05) is 158 Å². The van der Waals surface area contributed by atoms with Gasteiger partial charge in [0.25, 0.3) is 0 Å². The number of hydrogen-bond donors (Lipinski definition) is 0. The van der Waals surface area contributed by atoms with E-state index in [1.165, 1.54) is 70.6 Å². The van der Waals surface area contributed by atoms with Crippen molar-refractivity contribution in [2.75, 3.05) is 4.90 Å². The fraction of sp³-hybridized carbons (Fsp3) is 0. The van der Waals surface area contributed by atoms with E-state index in [0.717, 1.165) is 44.6 Å². The molecule has 12 aromatic rings. The quantitative estimate of drug-likeness (QED) is 0.164. The predicted octanol–water partition coefficient (Wildman–Crippen LogP) is 16.2. The summed E-state index contributed by atoms with van der Waals surface area (Å²) >= 11 is 0. The van der Waals surface area contributed by atoms with Crippen LogP contribution in [0.4, 0.5) is 17.1 Å². The van der Waals surface area contributed by atoms with Crippen LogP contribution in [0.5, 0.6) is 0 Å². The summed E-state index contributed by atoms with van der Waals surface area (Å²) in [6, 6.07) is 77.2. The first kappa shape index (κ1) is 32.6. The summed E-state index contributed by atoms with van der Waals surface area (Å²) < 4.78 is 6.28. The zero-order chi connectivity index (χ0) is 38.2. The Morgan fingerprint density at radius 1 is 0.293 bits per heavy atom. The molecular formula is C56H35NO. The Kier molecular flexibility index (Phi) is 7.26. The van der Waals surface area contributed by atoms with Gasteiger partial charge < -0.3 is 9.32 Å². The van der Waals surface area contributed by atoms with Crippen LogP contribution < -0.4 is 4.90 Å². The highest BCUT2D eigenvalue weighted by Gasteiger charge is 2.20. The van der Waals surface area contributed by atoms with Gasteiger partial charge in [0.1, 0.15) is 11.2 Å². The summed E-state index contributed by atoms with van der Waals surface area (Å²) in [7, 11) is 0. The van der Waals surface area contributed by atoms with Gasteiger partial charge in [-0.2, -0.15) is 0 Å². The molecule has 1 aromatic heterocycles. The van der Waals surface area contributed by atoms with Gasteiger partial charge >= 0.3 is 0 Å². The lowest BCUT2D eigenvalue weighted by atomic mass is 9.88. The lowest BCUT2D eigenvalue weighted by Crippen LogP contribution is -2.11. The standard InChI is InChI=1S/C56H35NO/c1-2-12-37(13-3-1)45-15-8-10-20-52(45)57(44-30-31-54-51(35-44)48-18-9-11-21-53(48)58-54)43-29-28-36-22-26-40(32-42(36)33-43)50-34-41-27-25-39-24-23-38-14-4-5-16-46(38)55(39)56(41)49-19-7-6-17-47(49)50/h1-35H. The van der Waals surface area contributed by atoms with Crippen LogP contribution in [-0.4, -0.2) is 0 Å². The molecule has 0 bridgehead atoms. The minimum absolute atomic E-state index is 0.883. The van der Waals surface area contributed by atoms with E-state index in [2.05, 4.69) is 205 Å². The number of hydrogen-bond acceptors (Lipinski definition) is 2. The number of rotatable bonds is 5. The van der Waals surface area contributed by atoms with Crippen molar-refractivity contribution >= 4 is 92.9 Å². The van der Waals surface area contributed by atoms with Gasteiger partial charge in [0.05, 0.1) is 5.69 Å². The molecule has 0 aliphatic heterocycles. The largest absolute Gasteiger partial charge is 0.456 e. The Morgan fingerprint density at radius 3 is 1.81 bits per heavy atom. The number of benzene rings is 11. The number of furan rings is 1. The molecular weight excluding hydrogens is 703 g/mol. The van der Waals surface area contributed by atoms with E-state index >= 15 is 0 Å². The van der Waals surface area contributed by atoms with E-state index in [1.54, 1.807) is 0 Å². The van der Waals surface area contributed by atoms with Gasteiger partial charge in [-0.15, -0.1) is 0 Å². The van der Waals surface area contributed by atoms with Crippen LogP contribution in [0.25, 0.3) is 98.1 Å². The Hall–Kier alpha value is -7.68. The van der Waals surface area contributed by atoms with Gasteiger partial charge in [0, 0.05) is 27.7 Å². The van der Waals surface area contributed by atoms with E-state index in [0.29, 0.717) is 0 Å². The van der Waals surface area contributed by atoms with Crippen molar-refractivity contribution in [3.63, 3.8) is 0 Å². The van der Waals surface area contributed by atoms with E-state index in [4.69, 9.17) is 4.42 Å². The van der Waals surface area contributed by atoms with Gasteiger partial charge in [0.2, 0.25) is 0 Å². The van der Waals surface area contributed by atoms with Crippen molar-refractivity contribution < 1.29 is 4.42 Å². The maximum Gasteiger partial charge on any atom is 0.135 e. The molecule has 0 radical (unpaired) electrons. The molecule has 270 valence electrons. The fourth-order valence-corrected chi connectivity index (χ4v) is 9.28. The Morgan fingerprint density at radius 2 is 0.914 bits per heavy atom. The van der Waals surface area contributed by atoms with E-state index in [1.807, 2.05) is 12.1 Å². The van der Waals surface area contributed by atoms with Gasteiger partial charge in [0.15, 0.2) is 0 Å². The van der Waals surface area contributed by atoms with Crippen LogP contribution in [0.2, 0.25) is 0 Å². The Balaban J connectivity index is 1.07. The fourth-order valence-electron chi connectivity index (χ4n) is 9.28. The highest BCUT2D eigenvalue weighted by atomic mass is 16.3. The first-order chi connectivity index (χ1) is 28.7. The zero-order valence-corrected chi connectivity index (χ0v) is 31.6. The number of anilines is 3. The molecule has 0 aliphatic carbocycles. The molecule has 1 heterocycles. The minimum Gasteiger partial charge on any atom is -0.456 e. The van der Waals surface area contributed by atoms with E-state index in [9.17, 15) is 0 Å². The highest BCUT2D eigenvalue weighted by Crippen LogP contribution is 2.45. The third kappa shape index (κ3) is 5.12. The van der Waals surface area contributed by atoms with Crippen LogP contribution in [0.15, 0.2) is 217 Å². The molecule has 0 saturated carbocycles. The lowest BCUT2D eigenvalue weighted by molar-refractivity contribution is 0.669. The summed E-state index contributed by atoms with van der Waals surface area (Å²) in [5.41, 5.74) is 9.81. The van der Waals surface area contributed by atoms with E-state index < -0.39 is 0 Å². The second-order valence-corrected chi connectivity index (χ2v) is 15.3. The molecule has 2 nitrogen and oxygen atoms in total. The molecule has 0 N–H and O–H groups in total. The SMILES string of the molecule is c1ccc(-c2ccccc2N(c2ccc3ccc(-c4cc5ccc6ccc7ccccc7c6c5c5ccccc45)cc3c2)c2ccc3oc4ccccc4c3c2)cc1. The summed E-state index contributed by atoms with van der Waals surface area (Å²) in [6.45, 7) is 0. The maximum atomic E-state index is 6.28. The number of para-hydroxylation sites is 2. The van der Waals surface area contributed by atoms with Gasteiger partial charge in [-0.25, -0.2) is 0 Å². The van der Waals surface area contributed by atoms with Crippen molar-refractivity contribution in [3.05, 3.63) is 212 Å². The predicted molar refractivity (Wildman–Crippen MR) is 247 cm³/mol. The first-order valence-electron chi connectivity index (χ1n) is 19.9. The summed E-state index contributed by atoms with van der Waals surface area (Å²) in [6.07, 6.45) is 0. The highest BCUT2D eigenvalue weighted by molar-refractivity contribution is 6.29.